The highest BCUT2D eigenvalue weighted by Gasteiger charge is 2.52. The number of nitrogens with zero attached hydrogens (tertiary/aromatic N) is 1. The number of halogens is 6. The van der Waals surface area contributed by atoms with E-state index in [4.69, 9.17) is 16.3 Å². The number of ketones is 2. The molecule has 1 aromatic heterocycles. The minimum Gasteiger partial charge on any atom is -0.497 e. The number of hydrogen-bond donors (Lipinski definition) is 3. The quantitative estimate of drug-likeness (QED) is 0.139. The Morgan fingerprint density at radius 3 is 2.14 bits per heavy atom. The number of nitrogens with one attached hydrogen (secondary N) is 3. The number of rotatable bonds is 16. The van der Waals surface area contributed by atoms with Gasteiger partial charge in [-0.25, -0.2) is 0 Å². The zero-order chi connectivity index (χ0) is 37.2. The van der Waals surface area contributed by atoms with Gasteiger partial charge >= 0.3 is 12.1 Å². The Hall–Kier alpha value is -4.92. The van der Waals surface area contributed by atoms with Gasteiger partial charge in [-0.15, -0.1) is 0 Å². The van der Waals surface area contributed by atoms with E-state index in [1.54, 1.807) is 36.4 Å². The lowest BCUT2D eigenvalue weighted by Gasteiger charge is -2.27. The van der Waals surface area contributed by atoms with Crippen LogP contribution < -0.4 is 20.7 Å². The van der Waals surface area contributed by atoms with Crippen molar-refractivity contribution in [2.24, 2.45) is 11.8 Å². The third kappa shape index (κ3) is 11.1. The molecule has 0 unspecified atom stereocenters. The number of carbonyl (C=O) groups is 5. The molecule has 0 aliphatic carbocycles. The number of ether oxygens (including phenoxy) is 1. The van der Waals surface area contributed by atoms with E-state index < -0.39 is 78.3 Å². The molecular weight excluding hydrogens is 691 g/mol. The van der Waals surface area contributed by atoms with Crippen molar-refractivity contribution in [3.63, 3.8) is 0 Å². The smallest absolute Gasteiger partial charge is 0.405 e. The summed E-state index contributed by atoms with van der Waals surface area (Å²) in [6, 6.07) is 13.8. The summed E-state index contributed by atoms with van der Waals surface area (Å²) in [6.45, 7) is 0.530. The molecule has 0 saturated heterocycles. The number of amides is 3. The maximum Gasteiger partial charge on any atom is 0.405 e. The number of hydrogen-bond acceptors (Lipinski definition) is 7. The predicted octanol–water partition coefficient (Wildman–Crippen LogP) is 5.06. The van der Waals surface area contributed by atoms with E-state index in [9.17, 15) is 45.9 Å². The Bertz CT molecular complexity index is 1670. The first-order valence-electron chi connectivity index (χ1n) is 15.1. The monoisotopic (exact) mass is 724 g/mol. The van der Waals surface area contributed by atoms with E-state index in [-0.39, 0.29) is 17.7 Å². The van der Waals surface area contributed by atoms with Crippen LogP contribution >= 0.6 is 11.6 Å². The maximum atomic E-state index is 14.9. The van der Waals surface area contributed by atoms with E-state index in [0.717, 1.165) is 5.32 Å². The van der Waals surface area contributed by atoms with E-state index in [1.165, 1.54) is 57.5 Å². The molecule has 268 valence electrons. The third-order valence-corrected chi connectivity index (χ3v) is 7.75. The molecule has 0 radical (unpaired) electrons. The second kappa shape index (κ2) is 17.1. The SMILES string of the molecule is COc1ccc([C@H](NC(=O)[C@H](Cc2cccc(Cl)c2)NC(=O)c2ccccn2)C(=O)C[C@H](C(=O)C(F)(F)C(=O)NCC(F)(F)F)C(C)C)cc1. The van der Waals surface area contributed by atoms with Crippen molar-refractivity contribution in [3.8, 4) is 5.75 Å². The first-order valence-corrected chi connectivity index (χ1v) is 15.5. The number of benzene rings is 2. The van der Waals surface area contributed by atoms with Gasteiger partial charge in [0.15, 0.2) is 5.78 Å². The van der Waals surface area contributed by atoms with E-state index in [0.29, 0.717) is 16.3 Å². The van der Waals surface area contributed by atoms with E-state index in [2.05, 4.69) is 15.6 Å². The fourth-order valence-electron chi connectivity index (χ4n) is 4.83. The molecule has 0 fully saturated rings. The molecule has 3 N–H and O–H groups in total. The van der Waals surface area contributed by atoms with Gasteiger partial charge in [0.25, 0.3) is 11.8 Å². The summed E-state index contributed by atoms with van der Waals surface area (Å²) < 4.78 is 72.6. The fraction of sp³-hybridized carbons (Fsp3) is 0.353. The summed E-state index contributed by atoms with van der Waals surface area (Å²) in [4.78, 5) is 69.7. The predicted molar refractivity (Wildman–Crippen MR) is 171 cm³/mol. The molecule has 3 atom stereocenters. The Morgan fingerprint density at radius 1 is 0.900 bits per heavy atom. The van der Waals surface area contributed by atoms with Gasteiger partial charge < -0.3 is 20.7 Å². The van der Waals surface area contributed by atoms with E-state index >= 15 is 0 Å². The number of Topliss-reactive ketones (excluding diaryl/α,β-unsaturated/α-hetero) is 2. The molecule has 1 heterocycles. The summed E-state index contributed by atoms with van der Waals surface area (Å²) in [5.74, 6) is -14.5. The average Bonchev–Trinajstić information content (AvgIpc) is 3.07. The summed E-state index contributed by atoms with van der Waals surface area (Å²) in [6.07, 6.45) is -4.70. The number of aromatic nitrogens is 1. The van der Waals surface area contributed by atoms with Gasteiger partial charge in [0.05, 0.1) is 7.11 Å². The third-order valence-electron chi connectivity index (χ3n) is 7.51. The molecule has 0 bridgehead atoms. The lowest BCUT2D eigenvalue weighted by Crippen LogP contribution is -2.52. The number of alkyl halides is 5. The van der Waals surface area contributed by atoms with Gasteiger partial charge in [0.1, 0.15) is 30.1 Å². The maximum absolute atomic E-state index is 14.9. The zero-order valence-electron chi connectivity index (χ0n) is 27.0. The fourth-order valence-corrected chi connectivity index (χ4v) is 5.04. The lowest BCUT2D eigenvalue weighted by molar-refractivity contribution is -0.167. The Balaban J connectivity index is 1.95. The molecular formula is C34H34ClF5N4O6. The minimum absolute atomic E-state index is 0.0161. The summed E-state index contributed by atoms with van der Waals surface area (Å²) >= 11 is 6.12. The topological polar surface area (TPSA) is 144 Å². The van der Waals surface area contributed by atoms with Gasteiger partial charge in [0, 0.05) is 30.0 Å². The Kier molecular flexibility index (Phi) is 13.5. The standard InChI is InChI=1S/C34H34ClF5N4O6/c1-19(2)24(29(46)34(39,40)32(49)42-18-33(36,37)38)17-27(45)28(21-10-12-23(50-3)13-11-21)44-31(48)26(16-20-7-6-8-22(35)15-20)43-30(47)25-9-4-5-14-41-25/h4-15,19,24,26,28H,16-18H2,1-3H3,(H,42,49)(H,43,47)(H,44,48)/t24-,26-,28-/m0/s1. The van der Waals surface area contributed by atoms with Gasteiger partial charge in [-0.2, -0.15) is 22.0 Å². The van der Waals surface area contributed by atoms with Crippen LogP contribution in [0.1, 0.15) is 47.9 Å². The number of carbonyl (C=O) groups excluding carboxylic acids is 5. The highest BCUT2D eigenvalue weighted by Crippen LogP contribution is 2.30. The van der Waals surface area contributed by atoms with Crippen molar-refractivity contribution < 1.29 is 50.7 Å². The minimum atomic E-state index is -5.02. The average molecular weight is 725 g/mol. The first-order chi connectivity index (χ1) is 23.4. The van der Waals surface area contributed by atoms with E-state index in [1.807, 2.05) is 0 Å². The molecule has 2 aromatic carbocycles. The number of pyridine rings is 1. The molecule has 0 aliphatic heterocycles. The molecule has 10 nitrogen and oxygen atoms in total. The largest absolute Gasteiger partial charge is 0.497 e. The molecule has 3 aromatic rings. The molecule has 3 rings (SSSR count). The molecule has 0 aliphatic rings. The van der Waals surface area contributed by atoms with Crippen molar-refractivity contribution in [3.05, 3.63) is 94.8 Å². The lowest BCUT2D eigenvalue weighted by atomic mass is 9.82. The van der Waals surface area contributed by atoms with Crippen LogP contribution in [0, 0.1) is 11.8 Å². The van der Waals surface area contributed by atoms with Crippen LogP contribution in [-0.2, 0) is 25.6 Å². The summed E-state index contributed by atoms with van der Waals surface area (Å²) in [5.41, 5.74) is 0.659. The highest BCUT2D eigenvalue weighted by atomic mass is 35.5. The Morgan fingerprint density at radius 2 is 1.58 bits per heavy atom. The Labute approximate surface area is 289 Å². The molecule has 16 heteroatoms. The second-order valence-corrected chi connectivity index (χ2v) is 12.0. The van der Waals surface area contributed by atoms with Crippen molar-refractivity contribution >= 4 is 40.9 Å². The summed E-state index contributed by atoms with van der Waals surface area (Å²) in [5, 5.41) is 6.47. The summed E-state index contributed by atoms with van der Waals surface area (Å²) in [7, 11) is 1.38. The molecule has 50 heavy (non-hydrogen) atoms. The van der Waals surface area contributed by atoms with Gasteiger partial charge in [-0.1, -0.05) is 55.8 Å². The van der Waals surface area contributed by atoms with Crippen LogP contribution in [0.25, 0.3) is 0 Å². The van der Waals surface area contributed by atoms with Crippen LogP contribution in [0.3, 0.4) is 0 Å². The normalized spacial score (nSPS) is 13.5. The van der Waals surface area contributed by atoms with Crippen molar-refractivity contribution in [1.82, 2.24) is 20.9 Å². The molecule has 0 saturated carbocycles. The van der Waals surface area contributed by atoms with Crippen molar-refractivity contribution in [1.29, 1.82) is 0 Å². The molecule has 3 amide bonds. The zero-order valence-corrected chi connectivity index (χ0v) is 27.8. The molecule has 0 spiro atoms. The van der Waals surface area contributed by atoms with Crippen LogP contribution in [0.15, 0.2) is 72.9 Å². The van der Waals surface area contributed by atoms with Gasteiger partial charge in [-0.3, -0.25) is 29.0 Å². The number of methoxy groups -OCH3 is 1. The van der Waals surface area contributed by atoms with Crippen molar-refractivity contribution in [2.75, 3.05) is 13.7 Å². The van der Waals surface area contributed by atoms with Gasteiger partial charge in [-0.05, 0) is 53.4 Å². The van der Waals surface area contributed by atoms with Crippen molar-refractivity contribution in [2.45, 2.75) is 50.9 Å². The van der Waals surface area contributed by atoms with Crippen LogP contribution in [0.2, 0.25) is 5.02 Å². The highest BCUT2D eigenvalue weighted by molar-refractivity contribution is 6.30. The van der Waals surface area contributed by atoms with Crippen LogP contribution in [0.5, 0.6) is 5.75 Å². The van der Waals surface area contributed by atoms with Gasteiger partial charge in [0.2, 0.25) is 11.7 Å². The first kappa shape index (κ1) is 39.5. The van der Waals surface area contributed by atoms with Crippen LogP contribution in [0.4, 0.5) is 22.0 Å². The second-order valence-electron chi connectivity index (χ2n) is 11.5. The van der Waals surface area contributed by atoms with Crippen LogP contribution in [-0.4, -0.2) is 66.1 Å².